The number of amides is 3. The van der Waals surface area contributed by atoms with Crippen molar-refractivity contribution in [2.24, 2.45) is 13.0 Å². The summed E-state index contributed by atoms with van der Waals surface area (Å²) in [6.07, 6.45) is 0.732. The van der Waals surface area contributed by atoms with Gasteiger partial charge in [-0.1, -0.05) is 0 Å². The van der Waals surface area contributed by atoms with Crippen LogP contribution in [0.1, 0.15) is 61.8 Å². The highest BCUT2D eigenvalue weighted by Gasteiger charge is 2.34. The number of nitrogens with zero attached hydrogens (tertiary/aromatic N) is 3. The first kappa shape index (κ1) is 20.0. The van der Waals surface area contributed by atoms with Gasteiger partial charge in [0.15, 0.2) is 5.78 Å². The van der Waals surface area contributed by atoms with Crippen LogP contribution in [0, 0.1) is 5.92 Å². The molecule has 0 unspecified atom stereocenters. The van der Waals surface area contributed by atoms with Gasteiger partial charge in [0.05, 0.1) is 6.54 Å². The molecule has 1 aromatic heterocycles. The summed E-state index contributed by atoms with van der Waals surface area (Å²) < 4.78 is 7.10. The SMILES string of the molecule is Cn1nc(C(=O)C[C@H]2CCC(=O)NC2=O)c2c1CCN(C(=O)OC(C)(C)C)C2. The lowest BCUT2D eigenvalue weighted by molar-refractivity contribution is -0.136. The van der Waals surface area contributed by atoms with Crippen molar-refractivity contribution >= 4 is 23.7 Å². The van der Waals surface area contributed by atoms with E-state index < -0.39 is 23.5 Å². The second-order valence-electron chi connectivity index (χ2n) is 8.32. The van der Waals surface area contributed by atoms with Crippen LogP contribution in [-0.2, 0) is 34.3 Å². The number of Topliss-reactive ketones (excluding diaryl/α,β-unsaturated/α-hetero) is 1. The Morgan fingerprint density at radius 3 is 2.61 bits per heavy atom. The Bertz CT molecular complexity index is 836. The topological polar surface area (TPSA) is 111 Å². The molecule has 152 valence electrons. The fourth-order valence-electron chi connectivity index (χ4n) is 3.55. The van der Waals surface area contributed by atoms with Gasteiger partial charge in [0.25, 0.3) is 0 Å². The summed E-state index contributed by atoms with van der Waals surface area (Å²) in [6, 6.07) is 0. The number of aryl methyl sites for hydroxylation is 1. The number of hydrogen-bond acceptors (Lipinski definition) is 6. The lowest BCUT2D eigenvalue weighted by atomic mass is 9.91. The average molecular weight is 390 g/mol. The summed E-state index contributed by atoms with van der Waals surface area (Å²) in [5, 5.41) is 6.63. The van der Waals surface area contributed by atoms with Crippen molar-refractivity contribution in [3.05, 3.63) is 17.0 Å². The minimum absolute atomic E-state index is 0.00496. The van der Waals surface area contributed by atoms with Crippen LogP contribution in [0.2, 0.25) is 0 Å². The number of ketones is 1. The first-order valence-electron chi connectivity index (χ1n) is 9.44. The van der Waals surface area contributed by atoms with Crippen molar-refractivity contribution in [2.75, 3.05) is 6.54 Å². The molecule has 3 amide bonds. The molecule has 3 heterocycles. The molecule has 0 radical (unpaired) electrons. The molecule has 9 nitrogen and oxygen atoms in total. The highest BCUT2D eigenvalue weighted by Crippen LogP contribution is 2.26. The maximum Gasteiger partial charge on any atom is 0.410 e. The van der Waals surface area contributed by atoms with Crippen molar-refractivity contribution in [1.29, 1.82) is 0 Å². The predicted octanol–water partition coefficient (Wildman–Crippen LogP) is 1.34. The number of nitrogens with one attached hydrogen (secondary N) is 1. The van der Waals surface area contributed by atoms with Gasteiger partial charge in [-0.05, 0) is 27.2 Å². The number of piperidine rings is 1. The third kappa shape index (κ3) is 4.23. The Morgan fingerprint density at radius 1 is 1.25 bits per heavy atom. The normalized spacial score (nSPS) is 19.9. The minimum Gasteiger partial charge on any atom is -0.444 e. The van der Waals surface area contributed by atoms with Crippen LogP contribution in [0.25, 0.3) is 0 Å². The van der Waals surface area contributed by atoms with Gasteiger partial charge < -0.3 is 9.64 Å². The summed E-state index contributed by atoms with van der Waals surface area (Å²) >= 11 is 0. The molecule has 1 fully saturated rings. The van der Waals surface area contributed by atoms with E-state index in [1.807, 2.05) is 0 Å². The standard InChI is InChI=1S/C19H26N4O5/c1-19(2,3)28-18(27)23-8-7-13-12(10-23)16(21-22(13)4)14(24)9-11-5-6-15(25)20-17(11)26/h11H,5-10H2,1-4H3,(H,20,25,26)/t11-/m1/s1. The first-order valence-corrected chi connectivity index (χ1v) is 9.44. The molecule has 0 saturated carbocycles. The highest BCUT2D eigenvalue weighted by molar-refractivity contribution is 6.03. The van der Waals surface area contributed by atoms with Crippen LogP contribution < -0.4 is 5.32 Å². The Hall–Kier alpha value is -2.71. The fourth-order valence-corrected chi connectivity index (χ4v) is 3.55. The monoisotopic (exact) mass is 390 g/mol. The number of imide groups is 1. The van der Waals surface area contributed by atoms with E-state index in [4.69, 9.17) is 4.74 Å². The summed E-state index contributed by atoms with van der Waals surface area (Å²) in [7, 11) is 1.77. The summed E-state index contributed by atoms with van der Waals surface area (Å²) in [5.74, 6) is -1.51. The van der Waals surface area contributed by atoms with Gasteiger partial charge in [0.1, 0.15) is 11.3 Å². The number of hydrogen-bond donors (Lipinski definition) is 1. The van der Waals surface area contributed by atoms with Crippen molar-refractivity contribution in [1.82, 2.24) is 20.0 Å². The van der Waals surface area contributed by atoms with E-state index in [1.54, 1.807) is 37.4 Å². The smallest absolute Gasteiger partial charge is 0.410 e. The van der Waals surface area contributed by atoms with E-state index in [-0.39, 0.29) is 36.8 Å². The average Bonchev–Trinajstić information content (AvgIpc) is 2.92. The van der Waals surface area contributed by atoms with Crippen molar-refractivity contribution in [3.63, 3.8) is 0 Å². The van der Waals surface area contributed by atoms with E-state index in [9.17, 15) is 19.2 Å². The van der Waals surface area contributed by atoms with Crippen molar-refractivity contribution < 1.29 is 23.9 Å². The number of carbonyl (C=O) groups excluding carboxylic acids is 4. The van der Waals surface area contributed by atoms with Crippen LogP contribution in [0.5, 0.6) is 0 Å². The zero-order valence-corrected chi connectivity index (χ0v) is 16.7. The van der Waals surface area contributed by atoms with Crippen molar-refractivity contribution in [2.45, 2.75) is 58.6 Å². The predicted molar refractivity (Wildman–Crippen MR) is 98.4 cm³/mol. The van der Waals surface area contributed by atoms with E-state index >= 15 is 0 Å². The van der Waals surface area contributed by atoms with E-state index in [0.717, 1.165) is 5.69 Å². The number of ether oxygens (including phenoxy) is 1. The Morgan fingerprint density at radius 2 is 1.96 bits per heavy atom. The summed E-state index contributed by atoms with van der Waals surface area (Å²) in [5.41, 5.74) is 1.30. The molecule has 0 aromatic carbocycles. The first-order chi connectivity index (χ1) is 13.0. The molecule has 0 aliphatic carbocycles. The number of aromatic nitrogens is 2. The molecule has 1 atom stereocenters. The third-order valence-electron chi connectivity index (χ3n) is 4.94. The zero-order chi connectivity index (χ0) is 20.6. The molecular formula is C19H26N4O5. The second-order valence-corrected chi connectivity index (χ2v) is 8.32. The summed E-state index contributed by atoms with van der Waals surface area (Å²) in [4.78, 5) is 50.1. The van der Waals surface area contributed by atoms with Gasteiger partial charge in [-0.2, -0.15) is 5.10 Å². The molecule has 9 heteroatoms. The molecule has 2 aliphatic heterocycles. The minimum atomic E-state index is -0.600. The Kier molecular flexibility index (Phi) is 5.27. The maximum absolute atomic E-state index is 12.9. The van der Waals surface area contributed by atoms with Crippen LogP contribution >= 0.6 is 0 Å². The van der Waals surface area contributed by atoms with Gasteiger partial charge in [0.2, 0.25) is 11.8 Å². The molecule has 1 saturated heterocycles. The highest BCUT2D eigenvalue weighted by atomic mass is 16.6. The lowest BCUT2D eigenvalue weighted by Crippen LogP contribution is -2.41. The van der Waals surface area contributed by atoms with Gasteiger partial charge >= 0.3 is 6.09 Å². The third-order valence-corrected chi connectivity index (χ3v) is 4.94. The van der Waals surface area contributed by atoms with Gasteiger partial charge in [0, 0.05) is 50.0 Å². The molecule has 3 rings (SSSR count). The molecule has 28 heavy (non-hydrogen) atoms. The van der Waals surface area contributed by atoms with Crippen LogP contribution in [0.4, 0.5) is 4.79 Å². The Labute approximate surface area is 163 Å². The maximum atomic E-state index is 12.9. The molecule has 1 aromatic rings. The van der Waals surface area contributed by atoms with Gasteiger partial charge in [-0.15, -0.1) is 0 Å². The van der Waals surface area contributed by atoms with Crippen molar-refractivity contribution in [3.8, 4) is 0 Å². The number of fused-ring (bicyclic) bond motifs is 1. The van der Waals surface area contributed by atoms with E-state index in [2.05, 4.69) is 10.4 Å². The van der Waals surface area contributed by atoms with Gasteiger partial charge in [-0.3, -0.25) is 24.4 Å². The van der Waals surface area contributed by atoms with Crippen LogP contribution in [0.15, 0.2) is 0 Å². The number of carbonyl (C=O) groups is 4. The van der Waals surface area contributed by atoms with E-state index in [1.165, 1.54) is 0 Å². The quantitative estimate of drug-likeness (QED) is 0.616. The molecular weight excluding hydrogens is 364 g/mol. The molecule has 0 spiro atoms. The summed E-state index contributed by atoms with van der Waals surface area (Å²) in [6.45, 7) is 6.15. The largest absolute Gasteiger partial charge is 0.444 e. The fraction of sp³-hybridized carbons (Fsp3) is 0.632. The van der Waals surface area contributed by atoms with Crippen LogP contribution in [0.3, 0.4) is 0 Å². The van der Waals surface area contributed by atoms with Gasteiger partial charge in [-0.25, -0.2) is 4.79 Å². The molecule has 1 N–H and O–H groups in total. The number of rotatable bonds is 3. The van der Waals surface area contributed by atoms with Crippen LogP contribution in [-0.4, -0.2) is 50.5 Å². The Balaban J connectivity index is 1.76. The lowest BCUT2D eigenvalue weighted by Gasteiger charge is -2.30. The second kappa shape index (κ2) is 7.37. The zero-order valence-electron chi connectivity index (χ0n) is 16.7. The molecule has 2 aliphatic rings. The van der Waals surface area contributed by atoms with E-state index in [0.29, 0.717) is 24.9 Å². The molecule has 0 bridgehead atoms.